The molecule has 2 aromatic rings. The maximum atomic E-state index is 13.4. The second kappa shape index (κ2) is 13.4. The molecule has 9 heteroatoms. The smallest absolute Gasteiger partial charge is 0.191 e. The van der Waals surface area contributed by atoms with Gasteiger partial charge in [-0.25, -0.2) is 4.39 Å². The van der Waals surface area contributed by atoms with Gasteiger partial charge in [0, 0.05) is 31.4 Å². The van der Waals surface area contributed by atoms with Gasteiger partial charge in [0.2, 0.25) is 0 Å². The first-order valence-electron chi connectivity index (χ1n) is 10.0. The van der Waals surface area contributed by atoms with Crippen LogP contribution in [0.15, 0.2) is 41.7 Å². The largest absolute Gasteiger partial charge is 0.489 e. The molecule has 1 aromatic heterocycles. The lowest BCUT2D eigenvalue weighted by Gasteiger charge is -2.23. The molecule has 0 aliphatic heterocycles. The van der Waals surface area contributed by atoms with Gasteiger partial charge in [-0.15, -0.1) is 24.0 Å². The molecule has 2 atom stereocenters. The fourth-order valence-electron chi connectivity index (χ4n) is 2.91. The molecular formula is C21H34FIN6O. The normalized spacial score (nSPS) is 13.5. The second-order valence-electron chi connectivity index (χ2n) is 7.13. The minimum absolute atomic E-state index is 0. The first-order valence-corrected chi connectivity index (χ1v) is 10.0. The van der Waals surface area contributed by atoms with Gasteiger partial charge in [0.1, 0.15) is 17.7 Å². The average molecular weight is 532 g/mol. The number of likely N-dealkylation sites (N-methyl/N-ethyl adjacent to an activating group) is 1. The van der Waals surface area contributed by atoms with Gasteiger partial charge in [0.25, 0.3) is 0 Å². The minimum Gasteiger partial charge on any atom is -0.489 e. The van der Waals surface area contributed by atoms with Crippen molar-refractivity contribution in [2.75, 3.05) is 33.7 Å². The highest BCUT2D eigenvalue weighted by molar-refractivity contribution is 14.0. The molecule has 1 heterocycles. The van der Waals surface area contributed by atoms with E-state index in [-0.39, 0.29) is 41.9 Å². The number of nitrogens with zero attached hydrogens (tertiary/aromatic N) is 4. The van der Waals surface area contributed by atoms with Crippen molar-refractivity contribution in [1.82, 2.24) is 25.3 Å². The molecule has 2 unspecified atom stereocenters. The van der Waals surface area contributed by atoms with E-state index in [4.69, 9.17) is 9.73 Å². The van der Waals surface area contributed by atoms with Crippen LogP contribution < -0.4 is 15.4 Å². The molecule has 0 saturated heterocycles. The summed E-state index contributed by atoms with van der Waals surface area (Å²) in [6.45, 7) is 5.99. The summed E-state index contributed by atoms with van der Waals surface area (Å²) in [6, 6.07) is 6.35. The Morgan fingerprint density at radius 3 is 2.63 bits per heavy atom. The van der Waals surface area contributed by atoms with E-state index in [1.165, 1.54) is 12.1 Å². The summed E-state index contributed by atoms with van der Waals surface area (Å²) in [6.07, 6.45) is 4.59. The summed E-state index contributed by atoms with van der Waals surface area (Å²) in [5.74, 6) is 0.958. The van der Waals surface area contributed by atoms with Crippen LogP contribution in [0.3, 0.4) is 0 Å². The van der Waals surface area contributed by atoms with Gasteiger partial charge in [-0.05, 0) is 39.6 Å². The topological polar surface area (TPSA) is 66.7 Å². The molecule has 0 spiro atoms. The number of halogens is 2. The molecular weight excluding hydrogens is 498 g/mol. The predicted octanol–water partition coefficient (Wildman–Crippen LogP) is 3.19. The SMILES string of the molecule is CCNC(=NCC(c1cnn(C)c1)N(C)C)NCC(CC)Oc1cccc(F)c1.I. The van der Waals surface area contributed by atoms with Gasteiger partial charge < -0.3 is 20.3 Å². The summed E-state index contributed by atoms with van der Waals surface area (Å²) in [7, 11) is 5.98. The van der Waals surface area contributed by atoms with Crippen LogP contribution in [0, 0.1) is 5.82 Å². The molecule has 0 bridgehead atoms. The fourth-order valence-corrected chi connectivity index (χ4v) is 2.91. The number of aromatic nitrogens is 2. The van der Waals surface area contributed by atoms with Crippen LogP contribution >= 0.6 is 24.0 Å². The molecule has 168 valence electrons. The third-order valence-corrected chi connectivity index (χ3v) is 4.55. The minimum atomic E-state index is -0.301. The number of ether oxygens (including phenoxy) is 1. The van der Waals surface area contributed by atoms with Gasteiger partial charge >= 0.3 is 0 Å². The van der Waals surface area contributed by atoms with Crippen molar-refractivity contribution in [1.29, 1.82) is 0 Å². The van der Waals surface area contributed by atoms with E-state index in [1.54, 1.807) is 16.8 Å². The average Bonchev–Trinajstić information content (AvgIpc) is 3.10. The monoisotopic (exact) mass is 532 g/mol. The molecule has 0 aliphatic carbocycles. The fraction of sp³-hybridized carbons (Fsp3) is 0.524. The van der Waals surface area contributed by atoms with Crippen LogP contribution in [-0.2, 0) is 7.05 Å². The first-order chi connectivity index (χ1) is 13.9. The Balaban J connectivity index is 0.00000450. The second-order valence-corrected chi connectivity index (χ2v) is 7.13. The van der Waals surface area contributed by atoms with E-state index >= 15 is 0 Å². The van der Waals surface area contributed by atoms with Crippen molar-refractivity contribution in [3.8, 4) is 5.75 Å². The zero-order chi connectivity index (χ0) is 21.2. The van der Waals surface area contributed by atoms with Crippen molar-refractivity contribution in [2.24, 2.45) is 12.0 Å². The van der Waals surface area contributed by atoms with Crippen LogP contribution in [0.1, 0.15) is 31.9 Å². The number of benzene rings is 1. The summed E-state index contributed by atoms with van der Waals surface area (Å²) < 4.78 is 21.1. The van der Waals surface area contributed by atoms with E-state index < -0.39 is 0 Å². The van der Waals surface area contributed by atoms with E-state index in [0.717, 1.165) is 24.5 Å². The van der Waals surface area contributed by atoms with Crippen molar-refractivity contribution >= 4 is 29.9 Å². The Bertz CT molecular complexity index is 782. The lowest BCUT2D eigenvalue weighted by atomic mass is 10.1. The molecule has 2 rings (SSSR count). The first kappa shape index (κ1) is 26.2. The van der Waals surface area contributed by atoms with Crippen molar-refractivity contribution < 1.29 is 9.13 Å². The number of rotatable bonds is 10. The standard InChI is InChI=1S/C21H33FN6O.HI/c1-6-18(29-19-10-8-9-17(22)11-19)13-24-21(23-7-2)25-14-20(27(3)4)16-12-26-28(5)15-16;/h8-12,15,18,20H,6-7,13-14H2,1-5H3,(H2,23,24,25);1H. The highest BCUT2D eigenvalue weighted by atomic mass is 127. The van der Waals surface area contributed by atoms with Crippen LogP contribution in [-0.4, -0.2) is 60.5 Å². The lowest BCUT2D eigenvalue weighted by molar-refractivity contribution is 0.198. The summed E-state index contributed by atoms with van der Waals surface area (Å²) in [5, 5.41) is 10.9. The molecule has 0 amide bonds. The van der Waals surface area contributed by atoms with Crippen LogP contribution in [0.5, 0.6) is 5.75 Å². The summed E-state index contributed by atoms with van der Waals surface area (Å²) >= 11 is 0. The number of aryl methyl sites for hydroxylation is 1. The molecule has 1 aromatic carbocycles. The van der Waals surface area contributed by atoms with Crippen molar-refractivity contribution in [2.45, 2.75) is 32.4 Å². The number of nitrogens with one attached hydrogen (secondary N) is 2. The highest BCUT2D eigenvalue weighted by Crippen LogP contribution is 2.17. The Morgan fingerprint density at radius 2 is 2.07 bits per heavy atom. The zero-order valence-electron chi connectivity index (χ0n) is 18.4. The van der Waals surface area contributed by atoms with Crippen molar-refractivity contribution in [3.05, 3.63) is 48.0 Å². The molecule has 2 N–H and O–H groups in total. The Hall–Kier alpha value is -1.88. The maximum Gasteiger partial charge on any atom is 0.191 e. The van der Waals surface area contributed by atoms with Gasteiger partial charge in [-0.3, -0.25) is 9.67 Å². The number of aliphatic imine (C=N–C) groups is 1. The number of guanidine groups is 1. The lowest BCUT2D eigenvalue weighted by Crippen LogP contribution is -2.43. The third-order valence-electron chi connectivity index (χ3n) is 4.55. The Morgan fingerprint density at radius 1 is 1.30 bits per heavy atom. The molecule has 0 radical (unpaired) electrons. The van der Waals surface area contributed by atoms with Gasteiger partial charge in [-0.1, -0.05) is 13.0 Å². The predicted molar refractivity (Wildman–Crippen MR) is 130 cm³/mol. The van der Waals surface area contributed by atoms with Crippen molar-refractivity contribution in [3.63, 3.8) is 0 Å². The third kappa shape index (κ3) is 8.47. The van der Waals surface area contributed by atoms with E-state index in [0.29, 0.717) is 18.8 Å². The molecule has 0 fully saturated rings. The zero-order valence-corrected chi connectivity index (χ0v) is 20.8. The number of hydrogen-bond acceptors (Lipinski definition) is 4. The van der Waals surface area contributed by atoms with Crippen LogP contribution in [0.2, 0.25) is 0 Å². The number of hydrogen-bond donors (Lipinski definition) is 2. The van der Waals surface area contributed by atoms with E-state index in [2.05, 4.69) is 20.6 Å². The summed E-state index contributed by atoms with van der Waals surface area (Å²) in [5.41, 5.74) is 1.12. The van der Waals surface area contributed by atoms with E-state index in [1.807, 2.05) is 47.4 Å². The molecule has 0 saturated carbocycles. The Labute approximate surface area is 196 Å². The maximum absolute atomic E-state index is 13.4. The van der Waals surface area contributed by atoms with E-state index in [9.17, 15) is 4.39 Å². The quantitative estimate of drug-likeness (QED) is 0.280. The van der Waals surface area contributed by atoms with Crippen LogP contribution in [0.4, 0.5) is 4.39 Å². The van der Waals surface area contributed by atoms with Gasteiger partial charge in [-0.2, -0.15) is 5.10 Å². The molecule has 7 nitrogen and oxygen atoms in total. The van der Waals surface area contributed by atoms with Gasteiger partial charge in [0.05, 0.1) is 25.3 Å². The highest BCUT2D eigenvalue weighted by Gasteiger charge is 2.16. The molecule has 0 aliphatic rings. The molecule has 30 heavy (non-hydrogen) atoms. The van der Waals surface area contributed by atoms with Crippen LogP contribution in [0.25, 0.3) is 0 Å². The Kier molecular flexibility index (Phi) is 11.7. The summed E-state index contributed by atoms with van der Waals surface area (Å²) in [4.78, 5) is 6.88. The van der Waals surface area contributed by atoms with Gasteiger partial charge in [0.15, 0.2) is 5.96 Å².